The van der Waals surface area contributed by atoms with Crippen LogP contribution >= 0.6 is 11.6 Å². The SMILES string of the molecule is Cn1cc(CN2CC[C@@H](Oc3ccc(Cl)cc3)[C@H](O)C2)cn1. The van der Waals surface area contributed by atoms with Crippen molar-refractivity contribution < 1.29 is 9.84 Å². The number of aryl methyl sites for hydroxylation is 1. The van der Waals surface area contributed by atoms with E-state index in [0.29, 0.717) is 11.6 Å². The molecule has 1 aromatic heterocycles. The molecule has 1 saturated heterocycles. The highest BCUT2D eigenvalue weighted by atomic mass is 35.5. The molecule has 1 N–H and O–H groups in total. The molecule has 2 atom stereocenters. The van der Waals surface area contributed by atoms with Gasteiger partial charge in [-0.25, -0.2) is 0 Å². The summed E-state index contributed by atoms with van der Waals surface area (Å²) in [5.74, 6) is 0.745. The zero-order valence-corrected chi connectivity index (χ0v) is 13.3. The molecule has 3 rings (SSSR count). The van der Waals surface area contributed by atoms with Crippen molar-refractivity contribution in [3.63, 3.8) is 0 Å². The van der Waals surface area contributed by atoms with Gasteiger partial charge in [-0.05, 0) is 30.7 Å². The van der Waals surface area contributed by atoms with Gasteiger partial charge in [0.25, 0.3) is 0 Å². The average Bonchev–Trinajstić information content (AvgIpc) is 2.89. The van der Waals surface area contributed by atoms with Gasteiger partial charge in [0.2, 0.25) is 0 Å². The van der Waals surface area contributed by atoms with E-state index in [1.165, 1.54) is 0 Å². The summed E-state index contributed by atoms with van der Waals surface area (Å²) >= 11 is 5.86. The summed E-state index contributed by atoms with van der Waals surface area (Å²) in [6.45, 7) is 2.30. The molecule has 0 bridgehead atoms. The lowest BCUT2D eigenvalue weighted by Gasteiger charge is -2.35. The number of likely N-dealkylation sites (tertiary alicyclic amines) is 1. The molecule has 2 aromatic rings. The van der Waals surface area contributed by atoms with E-state index in [2.05, 4.69) is 10.00 Å². The first kappa shape index (κ1) is 15.3. The predicted octanol–water partition coefficient (Wildman–Crippen LogP) is 2.09. The molecule has 5 nitrogen and oxygen atoms in total. The van der Waals surface area contributed by atoms with Gasteiger partial charge in [-0.1, -0.05) is 11.6 Å². The molecule has 0 spiro atoms. The van der Waals surface area contributed by atoms with Crippen molar-refractivity contribution in [1.29, 1.82) is 0 Å². The Kier molecular flexibility index (Phi) is 4.66. The first-order chi connectivity index (χ1) is 10.6. The van der Waals surface area contributed by atoms with Gasteiger partial charge in [0.1, 0.15) is 18.0 Å². The topological polar surface area (TPSA) is 50.5 Å². The van der Waals surface area contributed by atoms with Crippen LogP contribution in [0.2, 0.25) is 5.02 Å². The smallest absolute Gasteiger partial charge is 0.127 e. The van der Waals surface area contributed by atoms with E-state index in [0.717, 1.165) is 30.8 Å². The largest absolute Gasteiger partial charge is 0.488 e. The number of aliphatic hydroxyl groups is 1. The van der Waals surface area contributed by atoms with Crippen molar-refractivity contribution in [2.45, 2.75) is 25.2 Å². The van der Waals surface area contributed by atoms with E-state index in [4.69, 9.17) is 16.3 Å². The second-order valence-corrected chi connectivity index (χ2v) is 6.16. The second-order valence-electron chi connectivity index (χ2n) is 5.72. The summed E-state index contributed by atoms with van der Waals surface area (Å²) in [5, 5.41) is 15.2. The molecule has 118 valence electrons. The number of benzene rings is 1. The number of hydrogen-bond donors (Lipinski definition) is 1. The van der Waals surface area contributed by atoms with E-state index in [1.807, 2.05) is 31.6 Å². The molecule has 0 amide bonds. The Hall–Kier alpha value is -1.56. The molecule has 6 heteroatoms. The van der Waals surface area contributed by atoms with E-state index in [9.17, 15) is 5.11 Å². The highest BCUT2D eigenvalue weighted by molar-refractivity contribution is 6.30. The molecular formula is C16H20ClN3O2. The van der Waals surface area contributed by atoms with Crippen LogP contribution in [0.3, 0.4) is 0 Å². The third-order valence-corrected chi connectivity index (χ3v) is 4.12. The van der Waals surface area contributed by atoms with Gasteiger partial charge in [0.05, 0.1) is 6.20 Å². The van der Waals surface area contributed by atoms with E-state index in [1.54, 1.807) is 16.8 Å². The fourth-order valence-electron chi connectivity index (χ4n) is 2.76. The molecule has 0 saturated carbocycles. The molecule has 0 radical (unpaired) electrons. The maximum Gasteiger partial charge on any atom is 0.127 e. The van der Waals surface area contributed by atoms with Crippen LogP contribution < -0.4 is 4.74 Å². The van der Waals surface area contributed by atoms with E-state index >= 15 is 0 Å². The molecule has 0 unspecified atom stereocenters. The van der Waals surface area contributed by atoms with Gasteiger partial charge in [0.15, 0.2) is 0 Å². The summed E-state index contributed by atoms with van der Waals surface area (Å²) in [7, 11) is 1.91. The summed E-state index contributed by atoms with van der Waals surface area (Å²) in [5.41, 5.74) is 1.16. The predicted molar refractivity (Wildman–Crippen MR) is 85.0 cm³/mol. The fourth-order valence-corrected chi connectivity index (χ4v) is 2.88. The minimum Gasteiger partial charge on any atom is -0.488 e. The van der Waals surface area contributed by atoms with Gasteiger partial charge >= 0.3 is 0 Å². The number of aliphatic hydroxyl groups excluding tert-OH is 1. The normalized spacial score (nSPS) is 22.7. The first-order valence-electron chi connectivity index (χ1n) is 7.40. The van der Waals surface area contributed by atoms with Crippen LogP contribution in [0.15, 0.2) is 36.7 Å². The lowest BCUT2D eigenvalue weighted by atomic mass is 10.0. The van der Waals surface area contributed by atoms with Crippen LogP contribution in [0.25, 0.3) is 0 Å². The third-order valence-electron chi connectivity index (χ3n) is 3.87. The number of hydrogen-bond acceptors (Lipinski definition) is 4. The minimum absolute atomic E-state index is 0.175. The summed E-state index contributed by atoms with van der Waals surface area (Å²) in [6, 6.07) is 7.25. The van der Waals surface area contributed by atoms with Gasteiger partial charge in [0, 0.05) is 43.5 Å². The zero-order chi connectivity index (χ0) is 15.5. The zero-order valence-electron chi connectivity index (χ0n) is 12.5. The summed E-state index contributed by atoms with van der Waals surface area (Å²) in [6.07, 6.45) is 3.99. The third kappa shape index (κ3) is 3.80. The lowest BCUT2D eigenvalue weighted by Crippen LogP contribution is -2.48. The van der Waals surface area contributed by atoms with Crippen LogP contribution in [0.5, 0.6) is 5.75 Å². The number of rotatable bonds is 4. The van der Waals surface area contributed by atoms with Gasteiger partial charge < -0.3 is 9.84 Å². The maximum atomic E-state index is 10.3. The van der Waals surface area contributed by atoms with E-state index in [-0.39, 0.29) is 6.10 Å². The van der Waals surface area contributed by atoms with Crippen molar-refractivity contribution in [2.75, 3.05) is 13.1 Å². The number of β-amino-alcohol motifs (C(OH)–C–C–N with tert-alkyl or cyclic N) is 1. The number of aromatic nitrogens is 2. The minimum atomic E-state index is -0.499. The summed E-state index contributed by atoms with van der Waals surface area (Å²) < 4.78 is 7.67. The number of nitrogens with zero attached hydrogens (tertiary/aromatic N) is 3. The van der Waals surface area contributed by atoms with Gasteiger partial charge in [-0.15, -0.1) is 0 Å². The summed E-state index contributed by atoms with van der Waals surface area (Å²) in [4.78, 5) is 2.23. The molecular weight excluding hydrogens is 302 g/mol. The Morgan fingerprint density at radius 2 is 2.14 bits per heavy atom. The molecule has 2 heterocycles. The van der Waals surface area contributed by atoms with Gasteiger partial charge in [-0.3, -0.25) is 9.58 Å². The molecule has 0 aliphatic carbocycles. The first-order valence-corrected chi connectivity index (χ1v) is 7.78. The van der Waals surface area contributed by atoms with Gasteiger partial charge in [-0.2, -0.15) is 5.10 Å². The molecule has 1 fully saturated rings. The van der Waals surface area contributed by atoms with Crippen LogP contribution in [-0.4, -0.2) is 45.1 Å². The number of halogens is 1. The monoisotopic (exact) mass is 321 g/mol. The fraction of sp³-hybridized carbons (Fsp3) is 0.438. The Labute approximate surface area is 135 Å². The van der Waals surface area contributed by atoms with Crippen molar-refractivity contribution >= 4 is 11.6 Å². The Morgan fingerprint density at radius 1 is 1.36 bits per heavy atom. The lowest BCUT2D eigenvalue weighted by molar-refractivity contribution is -0.0275. The standard InChI is InChI=1S/C16H20ClN3O2/c1-19-9-12(8-18-19)10-20-7-6-16(15(21)11-20)22-14-4-2-13(17)3-5-14/h2-5,8-9,15-16,21H,6-7,10-11H2,1H3/t15-,16-/m1/s1. The second kappa shape index (κ2) is 6.69. The highest BCUT2D eigenvalue weighted by Crippen LogP contribution is 2.22. The number of piperidine rings is 1. The van der Waals surface area contributed by atoms with Crippen LogP contribution in [0.1, 0.15) is 12.0 Å². The molecule has 1 aliphatic heterocycles. The molecule has 1 aromatic carbocycles. The Morgan fingerprint density at radius 3 is 2.77 bits per heavy atom. The number of ether oxygens (including phenoxy) is 1. The van der Waals surface area contributed by atoms with Crippen molar-refractivity contribution in [3.05, 3.63) is 47.2 Å². The maximum absolute atomic E-state index is 10.3. The Bertz CT molecular complexity index is 614. The van der Waals surface area contributed by atoms with E-state index < -0.39 is 6.10 Å². The van der Waals surface area contributed by atoms with Crippen LogP contribution in [0.4, 0.5) is 0 Å². The van der Waals surface area contributed by atoms with Crippen molar-refractivity contribution in [2.24, 2.45) is 7.05 Å². The molecule has 1 aliphatic rings. The van der Waals surface area contributed by atoms with Crippen LogP contribution in [-0.2, 0) is 13.6 Å². The quantitative estimate of drug-likeness (QED) is 0.937. The Balaban J connectivity index is 1.54. The average molecular weight is 322 g/mol. The highest BCUT2D eigenvalue weighted by Gasteiger charge is 2.29. The van der Waals surface area contributed by atoms with Crippen LogP contribution in [0, 0.1) is 0 Å². The van der Waals surface area contributed by atoms with Crippen molar-refractivity contribution in [3.8, 4) is 5.75 Å². The van der Waals surface area contributed by atoms with Crippen molar-refractivity contribution in [1.82, 2.24) is 14.7 Å². The molecule has 22 heavy (non-hydrogen) atoms.